The smallest absolute Gasteiger partial charge is 0.548 e. The number of esters is 1. The van der Waals surface area contributed by atoms with E-state index in [0.29, 0.717) is 5.39 Å². The van der Waals surface area contributed by atoms with Gasteiger partial charge in [-0.15, -0.1) is 11.8 Å². The Morgan fingerprint density at radius 1 is 1.27 bits per heavy atom. The SMILES string of the molecule is Cc1cc(=O)oc2cc(OC(=O)/C=C3/C(=O)N4[C@@H]3SC(C)(C)[C@@H]4C(=O)[O-])ccc12.[Na+]. The van der Waals surface area contributed by atoms with Gasteiger partial charge in [0.15, 0.2) is 0 Å². The molecule has 30 heavy (non-hydrogen) atoms. The van der Waals surface area contributed by atoms with Crippen molar-refractivity contribution >= 4 is 40.6 Å². The van der Waals surface area contributed by atoms with Crippen molar-refractivity contribution in [1.82, 2.24) is 4.90 Å². The monoisotopic (exact) mass is 437 g/mol. The van der Waals surface area contributed by atoms with Gasteiger partial charge >= 0.3 is 41.2 Å². The van der Waals surface area contributed by atoms with E-state index in [0.717, 1.165) is 11.6 Å². The van der Waals surface area contributed by atoms with Crippen molar-refractivity contribution < 1.29 is 58.2 Å². The van der Waals surface area contributed by atoms with Crippen LogP contribution in [-0.2, 0) is 14.4 Å². The molecule has 8 nitrogen and oxygen atoms in total. The summed E-state index contributed by atoms with van der Waals surface area (Å²) in [5.74, 6) is -2.48. The first-order valence-corrected chi connectivity index (χ1v) is 9.66. The third-order valence-electron chi connectivity index (χ3n) is 4.99. The largest absolute Gasteiger partial charge is 1.00 e. The fourth-order valence-corrected chi connectivity index (χ4v) is 5.22. The number of β-lactam (4-membered cyclic amide) rings is 1. The fourth-order valence-electron chi connectivity index (χ4n) is 3.68. The predicted molar refractivity (Wildman–Crippen MR) is 102 cm³/mol. The van der Waals surface area contributed by atoms with Crippen LogP contribution in [0.25, 0.3) is 11.0 Å². The normalized spacial score (nSPS) is 23.0. The summed E-state index contributed by atoms with van der Waals surface area (Å²) in [5, 5.41) is 11.6. The topological polar surface area (TPSA) is 117 Å². The van der Waals surface area contributed by atoms with Crippen molar-refractivity contribution in [3.63, 3.8) is 0 Å². The average molecular weight is 437 g/mol. The number of aliphatic carboxylic acids is 1. The summed E-state index contributed by atoms with van der Waals surface area (Å²) in [4.78, 5) is 48.8. The first-order chi connectivity index (χ1) is 13.6. The molecule has 3 heterocycles. The number of hydrogen-bond acceptors (Lipinski definition) is 8. The van der Waals surface area contributed by atoms with E-state index in [1.54, 1.807) is 32.9 Å². The molecule has 10 heteroatoms. The third kappa shape index (κ3) is 3.71. The average Bonchev–Trinajstić information content (AvgIpc) is 2.87. The number of rotatable bonds is 3. The molecule has 0 saturated carbocycles. The van der Waals surface area contributed by atoms with Crippen LogP contribution in [-0.4, -0.2) is 38.9 Å². The number of fused-ring (bicyclic) bond motifs is 2. The molecular formula is C20H16NNaO7S. The van der Waals surface area contributed by atoms with Crippen molar-refractivity contribution in [2.24, 2.45) is 0 Å². The van der Waals surface area contributed by atoms with Crippen LogP contribution in [0.2, 0.25) is 0 Å². The van der Waals surface area contributed by atoms with Crippen LogP contribution in [0.15, 0.2) is 45.1 Å². The Hall–Kier alpha value is -2.07. The standard InChI is InChI=1S/C20H17NO7S.Na/c1-9-6-14(22)28-13-7-10(4-5-11(9)13)27-15(23)8-12-17(24)21-16(19(25)26)20(2,3)29-18(12)21;/h4-8,16,18H,1-3H3,(H,25,26);/q;+1/p-1/b12-8-;/t16-,18+;/m0./s1. The molecule has 2 aliphatic heterocycles. The molecular weight excluding hydrogens is 421 g/mol. The molecule has 4 rings (SSSR count). The molecule has 2 aliphatic rings. The van der Waals surface area contributed by atoms with Crippen LogP contribution in [0.4, 0.5) is 0 Å². The summed E-state index contributed by atoms with van der Waals surface area (Å²) < 4.78 is 9.62. The summed E-state index contributed by atoms with van der Waals surface area (Å²) in [6, 6.07) is 4.95. The van der Waals surface area contributed by atoms with Gasteiger partial charge in [-0.25, -0.2) is 9.59 Å². The summed E-state index contributed by atoms with van der Waals surface area (Å²) in [5.41, 5.74) is 0.688. The molecule has 2 atom stereocenters. The Labute approximate surface area is 197 Å². The molecule has 0 spiro atoms. The summed E-state index contributed by atoms with van der Waals surface area (Å²) >= 11 is 1.28. The molecule has 2 saturated heterocycles. The molecule has 1 aromatic carbocycles. The van der Waals surface area contributed by atoms with Crippen LogP contribution >= 0.6 is 11.8 Å². The van der Waals surface area contributed by atoms with Gasteiger partial charge in [-0.3, -0.25) is 4.79 Å². The number of carbonyl (C=O) groups excluding carboxylic acids is 3. The molecule has 2 fully saturated rings. The minimum atomic E-state index is -1.33. The Morgan fingerprint density at radius 3 is 2.63 bits per heavy atom. The molecule has 0 aliphatic carbocycles. The van der Waals surface area contributed by atoms with E-state index in [-0.39, 0.29) is 46.5 Å². The molecule has 0 bridgehead atoms. The molecule has 2 aromatic rings. The Kier molecular flexibility index (Phi) is 5.94. The van der Waals surface area contributed by atoms with Gasteiger partial charge in [0.2, 0.25) is 0 Å². The van der Waals surface area contributed by atoms with Gasteiger partial charge in [0, 0.05) is 28.3 Å². The number of thioether (sulfide) groups is 1. The van der Waals surface area contributed by atoms with Gasteiger partial charge in [-0.1, -0.05) is 0 Å². The van der Waals surface area contributed by atoms with Crippen LogP contribution < -0.4 is 45.0 Å². The number of benzene rings is 1. The second-order valence-corrected chi connectivity index (χ2v) is 9.17. The van der Waals surface area contributed by atoms with E-state index < -0.39 is 39.6 Å². The van der Waals surface area contributed by atoms with E-state index >= 15 is 0 Å². The Bertz CT molecular complexity index is 1170. The number of ether oxygens (including phenoxy) is 1. The molecule has 150 valence electrons. The van der Waals surface area contributed by atoms with Gasteiger partial charge in [-0.05, 0) is 38.5 Å². The van der Waals surface area contributed by atoms with E-state index in [2.05, 4.69) is 0 Å². The van der Waals surface area contributed by atoms with E-state index in [1.807, 2.05) is 0 Å². The van der Waals surface area contributed by atoms with Gasteiger partial charge in [-0.2, -0.15) is 0 Å². The van der Waals surface area contributed by atoms with Crippen molar-refractivity contribution in [2.75, 3.05) is 0 Å². The summed E-state index contributed by atoms with van der Waals surface area (Å²) in [7, 11) is 0. The summed E-state index contributed by atoms with van der Waals surface area (Å²) in [6.07, 6.45) is 1.07. The maximum absolute atomic E-state index is 12.4. The molecule has 1 amide bonds. The zero-order valence-corrected chi connectivity index (χ0v) is 19.6. The van der Waals surface area contributed by atoms with Gasteiger partial charge < -0.3 is 24.0 Å². The number of hydrogen-bond donors (Lipinski definition) is 0. The fraction of sp³-hybridized carbons (Fsp3) is 0.300. The van der Waals surface area contributed by atoms with Crippen molar-refractivity contribution in [2.45, 2.75) is 36.9 Å². The maximum atomic E-state index is 12.4. The number of nitrogens with zero attached hydrogens (tertiary/aromatic N) is 1. The maximum Gasteiger partial charge on any atom is 1.00 e. The number of carboxylic acids is 1. The Balaban J connectivity index is 0.00000256. The quantitative estimate of drug-likeness (QED) is 0.132. The zero-order chi connectivity index (χ0) is 21.1. The van der Waals surface area contributed by atoms with Crippen molar-refractivity contribution in [3.05, 3.63) is 51.9 Å². The number of amides is 1. The second-order valence-electron chi connectivity index (χ2n) is 7.43. The third-order valence-corrected chi connectivity index (χ3v) is 6.53. The van der Waals surface area contributed by atoms with Crippen LogP contribution in [0.5, 0.6) is 5.75 Å². The van der Waals surface area contributed by atoms with Gasteiger partial charge in [0.1, 0.15) is 16.7 Å². The minimum Gasteiger partial charge on any atom is -0.548 e. The predicted octanol–water partition coefficient (Wildman–Crippen LogP) is -2.25. The first kappa shape index (κ1) is 22.6. The molecule has 0 radical (unpaired) electrons. The van der Waals surface area contributed by atoms with Crippen LogP contribution in [0, 0.1) is 6.92 Å². The van der Waals surface area contributed by atoms with Crippen LogP contribution in [0.1, 0.15) is 19.4 Å². The number of carboxylic acid groups (broad SMARTS) is 1. The molecule has 1 aromatic heterocycles. The first-order valence-electron chi connectivity index (χ1n) is 8.78. The second kappa shape index (κ2) is 7.88. The Morgan fingerprint density at radius 2 is 1.97 bits per heavy atom. The minimum absolute atomic E-state index is 0. The summed E-state index contributed by atoms with van der Waals surface area (Å²) in [6.45, 7) is 5.19. The molecule has 0 N–H and O–H groups in total. The number of aryl methyl sites for hydroxylation is 1. The van der Waals surface area contributed by atoms with Crippen molar-refractivity contribution in [1.29, 1.82) is 0 Å². The zero-order valence-electron chi connectivity index (χ0n) is 16.8. The van der Waals surface area contributed by atoms with Crippen molar-refractivity contribution in [3.8, 4) is 5.75 Å². The number of carbonyl (C=O) groups is 3. The van der Waals surface area contributed by atoms with Gasteiger partial charge in [0.05, 0.1) is 17.6 Å². The van der Waals surface area contributed by atoms with E-state index in [1.165, 1.54) is 28.8 Å². The van der Waals surface area contributed by atoms with Gasteiger partial charge in [0.25, 0.3) is 5.91 Å². The van der Waals surface area contributed by atoms with E-state index in [4.69, 9.17) is 9.15 Å². The van der Waals surface area contributed by atoms with E-state index in [9.17, 15) is 24.3 Å². The van der Waals surface area contributed by atoms with Crippen LogP contribution in [0.3, 0.4) is 0 Å². The molecule has 0 unspecified atom stereocenters.